The van der Waals surface area contributed by atoms with E-state index in [1.165, 1.54) is 0 Å². The minimum absolute atomic E-state index is 0.306. The van der Waals surface area contributed by atoms with Gasteiger partial charge in [-0.2, -0.15) is 5.10 Å². The van der Waals surface area contributed by atoms with Crippen LogP contribution in [0.5, 0.6) is 0 Å². The molecule has 3 N–H and O–H groups in total. The van der Waals surface area contributed by atoms with Gasteiger partial charge in [-0.1, -0.05) is 18.2 Å². The Balaban J connectivity index is 2.61. The lowest BCUT2D eigenvalue weighted by molar-refractivity contribution is -0.124. The zero-order valence-corrected chi connectivity index (χ0v) is 9.25. The smallest absolute Gasteiger partial charge is 0.275 e. The molecule has 2 rings (SSSR count). The molecular formula is C11H12N4O2. The first-order chi connectivity index (χ1) is 8.15. The summed E-state index contributed by atoms with van der Waals surface area (Å²) in [6.07, 6.45) is 1.55. The van der Waals surface area contributed by atoms with E-state index in [0.29, 0.717) is 5.39 Å². The van der Waals surface area contributed by atoms with Crippen LogP contribution in [0.25, 0.3) is 10.8 Å². The SMILES string of the molecule is CC(C(=O)NN)n1ncc2ccccc2c1=O. The molecule has 0 spiro atoms. The maximum absolute atomic E-state index is 12.1. The van der Waals surface area contributed by atoms with E-state index in [0.717, 1.165) is 10.1 Å². The summed E-state index contributed by atoms with van der Waals surface area (Å²) < 4.78 is 1.12. The molecular weight excluding hydrogens is 220 g/mol. The van der Waals surface area contributed by atoms with Gasteiger partial charge in [-0.25, -0.2) is 10.5 Å². The van der Waals surface area contributed by atoms with Crippen LogP contribution in [0.1, 0.15) is 13.0 Å². The normalized spacial score (nSPS) is 12.4. The number of rotatable bonds is 2. The number of amides is 1. The van der Waals surface area contributed by atoms with Gasteiger partial charge >= 0.3 is 0 Å². The number of fused-ring (bicyclic) bond motifs is 1. The molecule has 0 aliphatic heterocycles. The minimum atomic E-state index is -0.739. The van der Waals surface area contributed by atoms with Crippen LogP contribution < -0.4 is 16.8 Å². The summed E-state index contributed by atoms with van der Waals surface area (Å²) >= 11 is 0. The first kappa shape index (κ1) is 11.3. The van der Waals surface area contributed by atoms with Gasteiger partial charge in [-0.05, 0) is 13.0 Å². The highest BCUT2D eigenvalue weighted by atomic mass is 16.2. The van der Waals surface area contributed by atoms with E-state index < -0.39 is 11.9 Å². The van der Waals surface area contributed by atoms with Gasteiger partial charge in [-0.3, -0.25) is 15.0 Å². The van der Waals surface area contributed by atoms with Crippen LogP contribution in [0.2, 0.25) is 0 Å². The van der Waals surface area contributed by atoms with Crippen molar-refractivity contribution in [2.24, 2.45) is 5.84 Å². The van der Waals surface area contributed by atoms with Crippen LogP contribution in [0, 0.1) is 0 Å². The third kappa shape index (κ3) is 1.90. The number of hydrazine groups is 1. The zero-order valence-electron chi connectivity index (χ0n) is 9.25. The van der Waals surface area contributed by atoms with Gasteiger partial charge < -0.3 is 0 Å². The third-order valence-electron chi connectivity index (χ3n) is 2.61. The van der Waals surface area contributed by atoms with E-state index in [2.05, 4.69) is 5.10 Å². The van der Waals surface area contributed by atoms with Crippen molar-refractivity contribution in [1.82, 2.24) is 15.2 Å². The van der Waals surface area contributed by atoms with E-state index >= 15 is 0 Å². The van der Waals surface area contributed by atoms with E-state index in [1.54, 1.807) is 31.3 Å². The summed E-state index contributed by atoms with van der Waals surface area (Å²) in [4.78, 5) is 23.4. The molecule has 0 aliphatic carbocycles. The quantitative estimate of drug-likeness (QED) is 0.431. The average molecular weight is 232 g/mol. The fourth-order valence-electron chi connectivity index (χ4n) is 1.61. The highest BCUT2D eigenvalue weighted by Gasteiger charge is 2.16. The molecule has 1 amide bonds. The highest BCUT2D eigenvalue weighted by Crippen LogP contribution is 2.08. The zero-order chi connectivity index (χ0) is 12.4. The lowest BCUT2D eigenvalue weighted by atomic mass is 10.2. The Hall–Kier alpha value is -2.21. The van der Waals surface area contributed by atoms with Crippen molar-refractivity contribution in [3.63, 3.8) is 0 Å². The topological polar surface area (TPSA) is 90.0 Å². The molecule has 6 heteroatoms. The largest absolute Gasteiger partial charge is 0.292 e. The van der Waals surface area contributed by atoms with Crippen molar-refractivity contribution in [2.45, 2.75) is 13.0 Å². The predicted octanol–water partition coefficient (Wildman–Crippen LogP) is -0.0526. The fraction of sp³-hybridized carbons (Fsp3) is 0.182. The second kappa shape index (κ2) is 4.34. The molecule has 1 aromatic carbocycles. The van der Waals surface area contributed by atoms with Gasteiger partial charge in [0, 0.05) is 5.39 Å². The summed E-state index contributed by atoms with van der Waals surface area (Å²) in [5.41, 5.74) is 1.69. The first-order valence-electron chi connectivity index (χ1n) is 5.12. The third-order valence-corrected chi connectivity index (χ3v) is 2.61. The van der Waals surface area contributed by atoms with Gasteiger partial charge in [0.2, 0.25) is 0 Å². The second-order valence-corrected chi connectivity index (χ2v) is 3.67. The molecule has 0 saturated carbocycles. The number of hydrogen-bond donors (Lipinski definition) is 2. The summed E-state index contributed by atoms with van der Waals surface area (Å²) in [6, 6.07) is 6.34. The van der Waals surface area contributed by atoms with Crippen LogP contribution in [0.15, 0.2) is 35.3 Å². The Morgan fingerprint density at radius 2 is 2.18 bits per heavy atom. The lowest BCUT2D eigenvalue weighted by Crippen LogP contribution is -2.40. The van der Waals surface area contributed by atoms with E-state index in [1.807, 2.05) is 11.5 Å². The van der Waals surface area contributed by atoms with E-state index in [9.17, 15) is 9.59 Å². The van der Waals surface area contributed by atoms with Crippen molar-refractivity contribution in [1.29, 1.82) is 0 Å². The average Bonchev–Trinajstić information content (AvgIpc) is 2.38. The van der Waals surface area contributed by atoms with Crippen molar-refractivity contribution < 1.29 is 4.79 Å². The molecule has 1 aromatic heterocycles. The Morgan fingerprint density at radius 1 is 1.47 bits per heavy atom. The summed E-state index contributed by atoms with van der Waals surface area (Å²) in [5, 5.41) is 5.23. The molecule has 0 fully saturated rings. The number of aromatic nitrogens is 2. The molecule has 2 aromatic rings. The first-order valence-corrected chi connectivity index (χ1v) is 5.12. The fourth-order valence-corrected chi connectivity index (χ4v) is 1.61. The molecule has 17 heavy (non-hydrogen) atoms. The van der Waals surface area contributed by atoms with Gasteiger partial charge in [0.15, 0.2) is 0 Å². The Morgan fingerprint density at radius 3 is 2.88 bits per heavy atom. The van der Waals surface area contributed by atoms with Crippen molar-refractivity contribution in [2.75, 3.05) is 0 Å². The van der Waals surface area contributed by atoms with E-state index in [-0.39, 0.29) is 5.56 Å². The number of nitrogens with zero attached hydrogens (tertiary/aromatic N) is 2. The lowest BCUT2D eigenvalue weighted by Gasteiger charge is -2.12. The summed E-state index contributed by atoms with van der Waals surface area (Å²) in [5.74, 6) is 4.57. The Kier molecular flexibility index (Phi) is 2.88. The van der Waals surface area contributed by atoms with Gasteiger partial charge in [0.05, 0.1) is 11.6 Å². The van der Waals surface area contributed by atoms with Crippen molar-refractivity contribution in [3.8, 4) is 0 Å². The second-order valence-electron chi connectivity index (χ2n) is 3.67. The molecule has 6 nitrogen and oxygen atoms in total. The summed E-state index contributed by atoms with van der Waals surface area (Å²) in [7, 11) is 0. The van der Waals surface area contributed by atoms with Crippen molar-refractivity contribution >= 4 is 16.7 Å². The molecule has 88 valence electrons. The summed E-state index contributed by atoms with van der Waals surface area (Å²) in [6.45, 7) is 1.56. The maximum atomic E-state index is 12.1. The van der Waals surface area contributed by atoms with Gasteiger partial charge in [-0.15, -0.1) is 0 Å². The van der Waals surface area contributed by atoms with Gasteiger partial charge in [0.25, 0.3) is 11.5 Å². The number of hydrogen-bond acceptors (Lipinski definition) is 4. The maximum Gasteiger partial charge on any atom is 0.275 e. The molecule has 0 aliphatic rings. The monoisotopic (exact) mass is 232 g/mol. The van der Waals surface area contributed by atoms with Crippen LogP contribution in [-0.4, -0.2) is 15.7 Å². The molecule has 1 heterocycles. The molecule has 0 bridgehead atoms. The Bertz CT molecular complexity index is 620. The number of benzene rings is 1. The number of carbonyl (C=O) groups is 1. The Labute approximate surface area is 97.0 Å². The van der Waals surface area contributed by atoms with Gasteiger partial charge in [0.1, 0.15) is 6.04 Å². The van der Waals surface area contributed by atoms with Crippen LogP contribution >= 0.6 is 0 Å². The predicted molar refractivity (Wildman–Crippen MR) is 63.0 cm³/mol. The number of nitrogens with one attached hydrogen (secondary N) is 1. The minimum Gasteiger partial charge on any atom is -0.292 e. The number of carbonyl (C=O) groups excluding carboxylic acids is 1. The molecule has 0 radical (unpaired) electrons. The van der Waals surface area contributed by atoms with Crippen molar-refractivity contribution in [3.05, 3.63) is 40.8 Å². The van der Waals surface area contributed by atoms with Crippen LogP contribution in [0.3, 0.4) is 0 Å². The highest BCUT2D eigenvalue weighted by molar-refractivity contribution is 5.82. The number of nitrogens with two attached hydrogens (primary N) is 1. The van der Waals surface area contributed by atoms with Crippen LogP contribution in [0.4, 0.5) is 0 Å². The molecule has 1 atom stereocenters. The standard InChI is InChI=1S/C11H12N4O2/c1-7(10(16)14-12)15-11(17)9-5-3-2-4-8(9)6-13-15/h2-7H,12H2,1H3,(H,14,16). The molecule has 1 unspecified atom stereocenters. The molecule has 0 saturated heterocycles. The van der Waals surface area contributed by atoms with Crippen LogP contribution in [-0.2, 0) is 4.79 Å². The van der Waals surface area contributed by atoms with E-state index in [4.69, 9.17) is 5.84 Å².